The first kappa shape index (κ1) is 24.1. The van der Waals surface area contributed by atoms with E-state index < -0.39 is 36.4 Å². The third-order valence-electron chi connectivity index (χ3n) is 7.14. The molecule has 8 nitrogen and oxygen atoms in total. The number of imide groups is 1. The number of likely N-dealkylation sites (tertiary alicyclic amines) is 1. The molecule has 3 amide bonds. The summed E-state index contributed by atoms with van der Waals surface area (Å²) in [4.78, 5) is 53.6. The maximum Gasteiger partial charge on any atom is 0.330 e. The Morgan fingerprint density at radius 3 is 2.36 bits per heavy atom. The molecule has 5 atom stereocenters. The number of halogens is 1. The molecule has 5 rings (SSSR count). The molecule has 36 heavy (non-hydrogen) atoms. The van der Waals surface area contributed by atoms with E-state index in [9.17, 15) is 19.2 Å². The number of allylic oxidation sites excluding steroid dienone is 2. The molecule has 1 saturated carbocycles. The van der Waals surface area contributed by atoms with Crippen LogP contribution in [-0.4, -0.2) is 48.3 Å². The van der Waals surface area contributed by atoms with Crippen molar-refractivity contribution >= 4 is 41.0 Å². The molecule has 0 radical (unpaired) electrons. The van der Waals surface area contributed by atoms with Crippen LogP contribution in [-0.2, 0) is 30.3 Å². The lowest BCUT2D eigenvalue weighted by Gasteiger charge is -2.26. The third kappa shape index (κ3) is 4.37. The van der Waals surface area contributed by atoms with Crippen LogP contribution in [0.1, 0.15) is 12.0 Å². The number of ether oxygens (including phenoxy) is 2. The predicted molar refractivity (Wildman–Crippen MR) is 131 cm³/mol. The summed E-state index contributed by atoms with van der Waals surface area (Å²) in [6.45, 7) is -0.602. The van der Waals surface area contributed by atoms with E-state index in [1.807, 2.05) is 42.5 Å². The van der Waals surface area contributed by atoms with Crippen molar-refractivity contribution in [2.75, 3.05) is 19.0 Å². The Balaban J connectivity index is 1.32. The molecule has 2 aromatic rings. The van der Waals surface area contributed by atoms with E-state index in [1.165, 1.54) is 13.2 Å². The second-order valence-electron chi connectivity index (χ2n) is 9.25. The van der Waals surface area contributed by atoms with Gasteiger partial charge in [-0.15, -0.1) is 0 Å². The van der Waals surface area contributed by atoms with Gasteiger partial charge in [0.15, 0.2) is 6.61 Å². The number of fused-ring (bicyclic) bond motifs is 5. The number of carbonyl (C=O) groups is 4. The smallest absolute Gasteiger partial charge is 0.330 e. The van der Waals surface area contributed by atoms with Gasteiger partial charge in [-0.3, -0.25) is 19.3 Å². The van der Waals surface area contributed by atoms with E-state index in [2.05, 4.69) is 5.32 Å². The zero-order chi connectivity index (χ0) is 25.4. The number of amides is 3. The first-order chi connectivity index (χ1) is 17.4. The number of nitrogens with zero attached hydrogens (tertiary/aromatic N) is 1. The zero-order valence-corrected chi connectivity index (χ0v) is 20.3. The van der Waals surface area contributed by atoms with Crippen molar-refractivity contribution in [2.45, 2.75) is 18.9 Å². The first-order valence-corrected chi connectivity index (χ1v) is 12.1. The second kappa shape index (κ2) is 9.78. The quantitative estimate of drug-likeness (QED) is 0.333. The second-order valence-corrected chi connectivity index (χ2v) is 9.69. The molecule has 3 aliphatic rings. The van der Waals surface area contributed by atoms with Crippen LogP contribution in [0.3, 0.4) is 0 Å². The molecule has 9 heteroatoms. The molecule has 186 valence electrons. The van der Waals surface area contributed by atoms with E-state index in [1.54, 1.807) is 12.1 Å². The minimum atomic E-state index is -1.16. The number of carbonyl (C=O) groups excluding carboxylic acids is 4. The number of benzene rings is 2. The molecular formula is C27H25ClN2O6. The van der Waals surface area contributed by atoms with Crippen molar-refractivity contribution < 1.29 is 28.7 Å². The summed E-state index contributed by atoms with van der Waals surface area (Å²) in [7, 11) is 1.45. The van der Waals surface area contributed by atoms with Gasteiger partial charge in [0.05, 0.1) is 24.6 Å². The Bertz CT molecular complexity index is 1220. The van der Waals surface area contributed by atoms with Crippen LogP contribution in [0, 0.1) is 23.7 Å². The molecule has 2 aliphatic carbocycles. The minimum Gasteiger partial charge on any atom is -0.495 e. The average molecular weight is 509 g/mol. The van der Waals surface area contributed by atoms with Crippen LogP contribution in [0.2, 0.25) is 5.02 Å². The summed E-state index contributed by atoms with van der Waals surface area (Å²) in [6.07, 6.45) is 4.89. The molecular weight excluding hydrogens is 484 g/mol. The van der Waals surface area contributed by atoms with Crippen LogP contribution in [0.25, 0.3) is 0 Å². The number of hydrogen-bond acceptors (Lipinski definition) is 6. The Morgan fingerprint density at radius 2 is 1.72 bits per heavy atom. The Kier molecular flexibility index (Phi) is 6.53. The highest BCUT2D eigenvalue weighted by Crippen LogP contribution is 2.53. The molecule has 1 aliphatic heterocycles. The largest absolute Gasteiger partial charge is 0.495 e. The lowest BCUT2D eigenvalue weighted by Crippen LogP contribution is -2.48. The number of nitrogens with one attached hydrogen (secondary N) is 1. The number of anilines is 1. The highest BCUT2D eigenvalue weighted by molar-refractivity contribution is 6.31. The summed E-state index contributed by atoms with van der Waals surface area (Å²) in [5.41, 5.74) is 1.10. The minimum absolute atomic E-state index is 0.0216. The molecule has 1 N–H and O–H groups in total. The fraction of sp³-hybridized carbons (Fsp3) is 0.333. The molecule has 0 unspecified atom stereocenters. The normalized spacial score (nSPS) is 24.6. The molecule has 1 saturated heterocycles. The average Bonchev–Trinajstić information content (AvgIpc) is 3.56. The summed E-state index contributed by atoms with van der Waals surface area (Å²) < 4.78 is 10.5. The third-order valence-corrected chi connectivity index (χ3v) is 7.38. The number of esters is 1. The molecule has 2 bridgehead atoms. The van der Waals surface area contributed by atoms with Crippen molar-refractivity contribution in [1.29, 1.82) is 0 Å². The van der Waals surface area contributed by atoms with Gasteiger partial charge in [0.2, 0.25) is 11.8 Å². The van der Waals surface area contributed by atoms with Crippen LogP contribution < -0.4 is 10.1 Å². The van der Waals surface area contributed by atoms with Crippen molar-refractivity contribution in [3.05, 3.63) is 71.3 Å². The van der Waals surface area contributed by atoms with Gasteiger partial charge in [0, 0.05) is 11.4 Å². The van der Waals surface area contributed by atoms with Crippen LogP contribution >= 0.6 is 11.6 Å². The maximum absolute atomic E-state index is 13.4. The first-order valence-electron chi connectivity index (χ1n) is 11.8. The van der Waals surface area contributed by atoms with Gasteiger partial charge in [-0.25, -0.2) is 4.79 Å². The van der Waals surface area contributed by atoms with Gasteiger partial charge in [0.25, 0.3) is 5.91 Å². The van der Waals surface area contributed by atoms with Crippen molar-refractivity contribution in [3.8, 4) is 5.75 Å². The lowest BCUT2D eigenvalue weighted by molar-refractivity contribution is -0.160. The van der Waals surface area contributed by atoms with Crippen LogP contribution in [0.5, 0.6) is 5.75 Å². The Morgan fingerprint density at radius 1 is 1.06 bits per heavy atom. The van der Waals surface area contributed by atoms with Gasteiger partial charge in [0.1, 0.15) is 11.8 Å². The van der Waals surface area contributed by atoms with Crippen LogP contribution in [0.4, 0.5) is 5.69 Å². The van der Waals surface area contributed by atoms with E-state index in [0.717, 1.165) is 16.9 Å². The molecule has 1 heterocycles. The van der Waals surface area contributed by atoms with Crippen LogP contribution in [0.15, 0.2) is 60.7 Å². The van der Waals surface area contributed by atoms with Crippen molar-refractivity contribution in [1.82, 2.24) is 4.90 Å². The van der Waals surface area contributed by atoms with E-state index >= 15 is 0 Å². The summed E-state index contributed by atoms with van der Waals surface area (Å²) in [6, 6.07) is 12.7. The molecule has 2 aromatic carbocycles. The topological polar surface area (TPSA) is 102 Å². The molecule has 0 aromatic heterocycles. The standard InChI is InChI=1S/C27H25ClN2O6/c1-35-21-10-9-18(28)13-19(21)29-22(31)14-36-27(34)20(11-15-5-3-2-4-6-15)30-25(32)23-16-7-8-17(12-16)24(23)26(30)33/h2-10,13,16-17,20,23-24H,11-12,14H2,1H3,(H,29,31)/t16-,17-,20-,23-,24-/m0/s1. The van der Waals surface area contributed by atoms with Crippen molar-refractivity contribution in [2.24, 2.45) is 23.7 Å². The van der Waals surface area contributed by atoms with Crippen molar-refractivity contribution in [3.63, 3.8) is 0 Å². The zero-order valence-electron chi connectivity index (χ0n) is 19.6. The van der Waals surface area contributed by atoms with Gasteiger partial charge in [-0.1, -0.05) is 54.1 Å². The van der Waals surface area contributed by atoms with Gasteiger partial charge in [-0.2, -0.15) is 0 Å². The summed E-state index contributed by atoms with van der Waals surface area (Å²) >= 11 is 6.00. The molecule has 2 fully saturated rings. The fourth-order valence-corrected chi connectivity index (χ4v) is 5.72. The lowest BCUT2D eigenvalue weighted by atomic mass is 9.85. The summed E-state index contributed by atoms with van der Waals surface area (Å²) in [5.74, 6) is -2.53. The van der Waals surface area contributed by atoms with Gasteiger partial charge in [-0.05, 0) is 42.0 Å². The number of methoxy groups -OCH3 is 1. The Hall–Kier alpha value is -3.65. The van der Waals surface area contributed by atoms with E-state index in [-0.39, 0.29) is 30.1 Å². The molecule has 0 spiro atoms. The van der Waals surface area contributed by atoms with Gasteiger partial charge < -0.3 is 14.8 Å². The maximum atomic E-state index is 13.4. The highest BCUT2D eigenvalue weighted by Gasteiger charge is 2.61. The van der Waals surface area contributed by atoms with E-state index in [0.29, 0.717) is 16.5 Å². The summed E-state index contributed by atoms with van der Waals surface area (Å²) in [5, 5.41) is 3.00. The Labute approximate surface area is 213 Å². The SMILES string of the molecule is COc1ccc(Cl)cc1NC(=O)COC(=O)[C@H](Cc1ccccc1)N1C(=O)[C@@H]2[C@@H](C1=O)[C@H]1C=C[C@H]2C1. The predicted octanol–water partition coefficient (Wildman–Crippen LogP) is 3.25. The highest BCUT2D eigenvalue weighted by atomic mass is 35.5. The monoisotopic (exact) mass is 508 g/mol. The number of rotatable bonds is 8. The number of hydrogen-bond donors (Lipinski definition) is 1. The van der Waals surface area contributed by atoms with E-state index in [4.69, 9.17) is 21.1 Å². The fourth-order valence-electron chi connectivity index (χ4n) is 5.55. The van der Waals surface area contributed by atoms with Gasteiger partial charge >= 0.3 is 5.97 Å².